The highest BCUT2D eigenvalue weighted by atomic mass is 32.2. The lowest BCUT2D eigenvalue weighted by Gasteiger charge is -2.20. The maximum Gasteiger partial charge on any atom is 0.266 e. The molecule has 2 fully saturated rings. The molecule has 2 aliphatic heterocycles. The average molecular weight is 400 g/mol. The van der Waals surface area contributed by atoms with Gasteiger partial charge < -0.3 is 9.47 Å². The van der Waals surface area contributed by atoms with Crippen molar-refractivity contribution in [3.8, 4) is 11.5 Å². The number of sulfone groups is 1. The van der Waals surface area contributed by atoms with Crippen LogP contribution in [0.4, 0.5) is 0 Å². The Hall–Kier alpha value is -1.58. The summed E-state index contributed by atoms with van der Waals surface area (Å²) in [5, 5.41) is 0. The van der Waals surface area contributed by atoms with Crippen LogP contribution in [0.25, 0.3) is 6.08 Å². The van der Waals surface area contributed by atoms with Gasteiger partial charge >= 0.3 is 0 Å². The second kappa shape index (κ2) is 6.97. The van der Waals surface area contributed by atoms with Crippen LogP contribution in [0.2, 0.25) is 0 Å². The Balaban J connectivity index is 1.88. The molecule has 0 saturated carbocycles. The number of thiocarbonyl (C=S) groups is 1. The molecule has 0 bridgehead atoms. The molecule has 0 unspecified atom stereocenters. The summed E-state index contributed by atoms with van der Waals surface area (Å²) in [4.78, 5) is 14.6. The van der Waals surface area contributed by atoms with E-state index < -0.39 is 9.84 Å². The molecule has 9 heteroatoms. The van der Waals surface area contributed by atoms with E-state index in [1.54, 1.807) is 38.5 Å². The fourth-order valence-electron chi connectivity index (χ4n) is 2.85. The maximum absolute atomic E-state index is 12.7. The number of methoxy groups -OCH3 is 2. The molecule has 1 aromatic carbocycles. The minimum Gasteiger partial charge on any atom is -0.497 e. The summed E-state index contributed by atoms with van der Waals surface area (Å²) in [6, 6.07) is 4.93. The zero-order valence-electron chi connectivity index (χ0n) is 13.7. The minimum atomic E-state index is -3.09. The summed E-state index contributed by atoms with van der Waals surface area (Å²) in [5.74, 6) is 1.04. The van der Waals surface area contributed by atoms with E-state index in [1.165, 1.54) is 16.7 Å². The highest BCUT2D eigenvalue weighted by Crippen LogP contribution is 2.37. The first-order valence-corrected chi connectivity index (χ1v) is 10.6. The number of rotatable bonds is 4. The second-order valence-electron chi connectivity index (χ2n) is 5.72. The van der Waals surface area contributed by atoms with Crippen LogP contribution < -0.4 is 9.47 Å². The van der Waals surface area contributed by atoms with Gasteiger partial charge in [0.2, 0.25) is 0 Å². The van der Waals surface area contributed by atoms with Crippen molar-refractivity contribution in [1.82, 2.24) is 4.90 Å². The number of hydrogen-bond donors (Lipinski definition) is 0. The van der Waals surface area contributed by atoms with Gasteiger partial charge in [-0.3, -0.25) is 9.69 Å². The molecule has 2 heterocycles. The van der Waals surface area contributed by atoms with Crippen LogP contribution in [0.1, 0.15) is 12.0 Å². The SMILES string of the molecule is COc1ccc(/C=C2\SC(=S)N([C@@H]3CCS(=O)(=O)C3)C2=O)c(OC)c1. The van der Waals surface area contributed by atoms with Crippen LogP contribution >= 0.6 is 24.0 Å². The zero-order chi connectivity index (χ0) is 18.2. The summed E-state index contributed by atoms with van der Waals surface area (Å²) in [7, 11) is 0.0165. The predicted molar refractivity (Wildman–Crippen MR) is 102 cm³/mol. The fourth-order valence-corrected chi connectivity index (χ4v) is 5.94. The summed E-state index contributed by atoms with van der Waals surface area (Å²) in [6.45, 7) is 0. The molecule has 25 heavy (non-hydrogen) atoms. The molecule has 2 aliphatic rings. The van der Waals surface area contributed by atoms with Crippen molar-refractivity contribution < 1.29 is 22.7 Å². The van der Waals surface area contributed by atoms with Gasteiger partial charge in [-0.25, -0.2) is 8.42 Å². The predicted octanol–water partition coefficient (Wildman–Crippen LogP) is 2.09. The van der Waals surface area contributed by atoms with Crippen molar-refractivity contribution in [2.45, 2.75) is 12.5 Å². The normalized spacial score (nSPS) is 24.2. The van der Waals surface area contributed by atoms with Gasteiger partial charge in [-0.2, -0.15) is 0 Å². The van der Waals surface area contributed by atoms with E-state index in [0.29, 0.717) is 27.1 Å². The summed E-state index contributed by atoms with van der Waals surface area (Å²) >= 11 is 6.48. The molecule has 0 radical (unpaired) electrons. The third-order valence-electron chi connectivity index (χ3n) is 4.12. The van der Waals surface area contributed by atoms with E-state index in [-0.39, 0.29) is 23.5 Å². The first-order chi connectivity index (χ1) is 11.8. The Kier molecular flexibility index (Phi) is 5.08. The van der Waals surface area contributed by atoms with Gasteiger partial charge in [-0.05, 0) is 24.6 Å². The van der Waals surface area contributed by atoms with Gasteiger partial charge in [0.1, 0.15) is 15.8 Å². The van der Waals surface area contributed by atoms with E-state index in [4.69, 9.17) is 21.7 Å². The first-order valence-electron chi connectivity index (χ1n) is 7.54. The molecule has 1 aromatic rings. The van der Waals surface area contributed by atoms with E-state index in [2.05, 4.69) is 0 Å². The van der Waals surface area contributed by atoms with Crippen molar-refractivity contribution in [2.24, 2.45) is 0 Å². The van der Waals surface area contributed by atoms with Crippen molar-refractivity contribution >= 4 is 50.1 Å². The first kappa shape index (κ1) is 18.2. The molecule has 0 aliphatic carbocycles. The standard InChI is InChI=1S/C16H17NO5S3/c1-21-12-4-3-10(13(8-12)22-2)7-14-15(18)17(16(23)24-14)11-5-6-25(19,20)9-11/h3-4,7-8,11H,5-6,9H2,1-2H3/b14-7-/t11-/m1/s1. The molecule has 134 valence electrons. The van der Waals surface area contributed by atoms with E-state index >= 15 is 0 Å². The van der Waals surface area contributed by atoms with Crippen LogP contribution in [0.5, 0.6) is 11.5 Å². The highest BCUT2D eigenvalue weighted by Gasteiger charge is 2.42. The van der Waals surface area contributed by atoms with Gasteiger partial charge in [0, 0.05) is 11.6 Å². The Bertz CT molecular complexity index is 863. The maximum atomic E-state index is 12.7. The van der Waals surface area contributed by atoms with Crippen molar-refractivity contribution in [1.29, 1.82) is 0 Å². The van der Waals surface area contributed by atoms with Crippen molar-refractivity contribution in [3.63, 3.8) is 0 Å². The summed E-state index contributed by atoms with van der Waals surface area (Å²) < 4.78 is 34.3. The summed E-state index contributed by atoms with van der Waals surface area (Å²) in [6.07, 6.45) is 2.13. The molecule has 3 rings (SSSR count). The van der Waals surface area contributed by atoms with E-state index in [9.17, 15) is 13.2 Å². The van der Waals surface area contributed by atoms with E-state index in [1.807, 2.05) is 0 Å². The number of carbonyl (C=O) groups is 1. The average Bonchev–Trinajstić information content (AvgIpc) is 3.06. The van der Waals surface area contributed by atoms with Crippen molar-refractivity contribution in [2.75, 3.05) is 25.7 Å². The Labute approximate surface area is 156 Å². The van der Waals surface area contributed by atoms with Crippen LogP contribution in [0.15, 0.2) is 23.1 Å². The van der Waals surface area contributed by atoms with Crippen LogP contribution in [-0.2, 0) is 14.6 Å². The third-order valence-corrected chi connectivity index (χ3v) is 7.21. The number of nitrogens with zero attached hydrogens (tertiary/aromatic N) is 1. The molecule has 1 amide bonds. The Morgan fingerprint density at radius 2 is 2.08 bits per heavy atom. The molecule has 1 atom stereocenters. The second-order valence-corrected chi connectivity index (χ2v) is 9.62. The fraction of sp³-hybridized carbons (Fsp3) is 0.375. The van der Waals surface area contributed by atoms with Gasteiger partial charge in [-0.15, -0.1) is 0 Å². The van der Waals surface area contributed by atoms with E-state index in [0.717, 1.165) is 5.56 Å². The van der Waals surface area contributed by atoms with Gasteiger partial charge in [0.15, 0.2) is 9.84 Å². The minimum absolute atomic E-state index is 0.0292. The van der Waals surface area contributed by atoms with Gasteiger partial charge in [-0.1, -0.05) is 24.0 Å². The van der Waals surface area contributed by atoms with Crippen LogP contribution in [0.3, 0.4) is 0 Å². The smallest absolute Gasteiger partial charge is 0.266 e. The molecule has 0 N–H and O–H groups in total. The Morgan fingerprint density at radius 1 is 1.32 bits per heavy atom. The number of thioether (sulfide) groups is 1. The lowest BCUT2D eigenvalue weighted by atomic mass is 10.1. The quantitative estimate of drug-likeness (QED) is 0.567. The Morgan fingerprint density at radius 3 is 2.68 bits per heavy atom. The lowest BCUT2D eigenvalue weighted by Crippen LogP contribution is -2.39. The lowest BCUT2D eigenvalue weighted by molar-refractivity contribution is -0.123. The summed E-state index contributed by atoms with van der Waals surface area (Å²) in [5.41, 5.74) is 0.725. The topological polar surface area (TPSA) is 72.9 Å². The number of amides is 1. The molecule has 0 spiro atoms. The third kappa shape index (κ3) is 3.68. The molecule has 6 nitrogen and oxygen atoms in total. The number of carbonyl (C=O) groups excluding carboxylic acids is 1. The number of hydrogen-bond acceptors (Lipinski definition) is 7. The highest BCUT2D eigenvalue weighted by molar-refractivity contribution is 8.26. The van der Waals surface area contributed by atoms with Crippen molar-refractivity contribution in [3.05, 3.63) is 28.7 Å². The van der Waals surface area contributed by atoms with Gasteiger partial charge in [0.05, 0.1) is 36.7 Å². The number of ether oxygens (including phenoxy) is 2. The molecule has 2 saturated heterocycles. The number of benzene rings is 1. The van der Waals surface area contributed by atoms with Crippen LogP contribution in [-0.4, -0.2) is 55.3 Å². The largest absolute Gasteiger partial charge is 0.497 e. The molecular formula is C16H17NO5S3. The van der Waals surface area contributed by atoms with Gasteiger partial charge in [0.25, 0.3) is 5.91 Å². The van der Waals surface area contributed by atoms with Crippen LogP contribution in [0, 0.1) is 0 Å². The zero-order valence-corrected chi connectivity index (χ0v) is 16.2. The molecular weight excluding hydrogens is 382 g/mol. The monoisotopic (exact) mass is 399 g/mol. The molecule has 0 aromatic heterocycles.